The number of carboxylic acid groups (broad SMARTS) is 1. The SMILES string of the molecule is CC(C)NC(=O)Nc1c(Cl)ccc(Cl)c1C(=O)O. The predicted octanol–water partition coefficient (Wildman–Crippen LogP) is 3.22. The molecule has 0 saturated carbocycles. The molecule has 0 saturated heterocycles. The molecule has 0 aliphatic carbocycles. The summed E-state index contributed by atoms with van der Waals surface area (Å²) in [5.74, 6) is -1.26. The van der Waals surface area contributed by atoms with Gasteiger partial charge >= 0.3 is 12.0 Å². The summed E-state index contributed by atoms with van der Waals surface area (Å²) < 4.78 is 0. The van der Waals surface area contributed by atoms with E-state index in [-0.39, 0.29) is 27.3 Å². The molecule has 1 rings (SSSR count). The molecule has 18 heavy (non-hydrogen) atoms. The van der Waals surface area contributed by atoms with Crippen molar-refractivity contribution in [2.45, 2.75) is 19.9 Å². The van der Waals surface area contributed by atoms with E-state index in [9.17, 15) is 9.59 Å². The smallest absolute Gasteiger partial charge is 0.339 e. The van der Waals surface area contributed by atoms with Gasteiger partial charge in [0.1, 0.15) is 5.56 Å². The van der Waals surface area contributed by atoms with Crippen molar-refractivity contribution in [2.75, 3.05) is 5.32 Å². The molecule has 1 aromatic carbocycles. The summed E-state index contributed by atoms with van der Waals surface area (Å²) in [7, 11) is 0. The largest absolute Gasteiger partial charge is 0.478 e. The lowest BCUT2D eigenvalue weighted by Crippen LogP contribution is -2.34. The van der Waals surface area contributed by atoms with Gasteiger partial charge in [0.15, 0.2) is 0 Å². The van der Waals surface area contributed by atoms with Crippen molar-refractivity contribution in [1.29, 1.82) is 0 Å². The number of carboxylic acids is 1. The first-order valence-electron chi connectivity index (χ1n) is 5.11. The number of urea groups is 1. The van der Waals surface area contributed by atoms with E-state index in [2.05, 4.69) is 10.6 Å². The van der Waals surface area contributed by atoms with Crippen LogP contribution in [0.1, 0.15) is 24.2 Å². The van der Waals surface area contributed by atoms with Gasteiger partial charge in [-0.05, 0) is 26.0 Å². The third-order valence-electron chi connectivity index (χ3n) is 1.98. The number of benzene rings is 1. The van der Waals surface area contributed by atoms with Crippen LogP contribution in [0.4, 0.5) is 10.5 Å². The molecule has 5 nitrogen and oxygen atoms in total. The molecule has 0 aromatic heterocycles. The van der Waals surface area contributed by atoms with Crippen LogP contribution in [0.5, 0.6) is 0 Å². The molecule has 7 heteroatoms. The maximum absolute atomic E-state index is 11.5. The van der Waals surface area contributed by atoms with E-state index < -0.39 is 12.0 Å². The molecule has 0 spiro atoms. The highest BCUT2D eigenvalue weighted by atomic mass is 35.5. The van der Waals surface area contributed by atoms with E-state index in [4.69, 9.17) is 28.3 Å². The van der Waals surface area contributed by atoms with Gasteiger partial charge in [-0.3, -0.25) is 0 Å². The van der Waals surface area contributed by atoms with Crippen LogP contribution in [-0.4, -0.2) is 23.1 Å². The van der Waals surface area contributed by atoms with Crippen LogP contribution < -0.4 is 10.6 Å². The van der Waals surface area contributed by atoms with Gasteiger partial charge < -0.3 is 15.7 Å². The Labute approximate surface area is 114 Å². The molecule has 0 heterocycles. The van der Waals surface area contributed by atoms with Crippen molar-refractivity contribution in [3.05, 3.63) is 27.7 Å². The number of carbonyl (C=O) groups excluding carboxylic acids is 1. The molecule has 0 aliphatic rings. The zero-order chi connectivity index (χ0) is 13.9. The molecule has 0 aliphatic heterocycles. The fraction of sp³-hybridized carbons (Fsp3) is 0.273. The van der Waals surface area contributed by atoms with Gasteiger partial charge in [-0.1, -0.05) is 23.2 Å². The average Bonchev–Trinajstić information content (AvgIpc) is 2.21. The maximum atomic E-state index is 11.5. The second-order valence-electron chi connectivity index (χ2n) is 3.84. The van der Waals surface area contributed by atoms with E-state index in [1.807, 2.05) is 0 Å². The Morgan fingerprint density at radius 3 is 2.28 bits per heavy atom. The first kappa shape index (κ1) is 14.6. The van der Waals surface area contributed by atoms with Crippen LogP contribution in [0, 0.1) is 0 Å². The molecule has 98 valence electrons. The third-order valence-corrected chi connectivity index (χ3v) is 2.61. The van der Waals surface area contributed by atoms with Gasteiger partial charge in [0.2, 0.25) is 0 Å². The normalized spacial score (nSPS) is 10.3. The Morgan fingerprint density at radius 2 is 1.78 bits per heavy atom. The summed E-state index contributed by atoms with van der Waals surface area (Å²) in [6, 6.07) is 2.15. The van der Waals surface area contributed by atoms with E-state index in [1.165, 1.54) is 12.1 Å². The molecule has 3 N–H and O–H groups in total. The number of amides is 2. The van der Waals surface area contributed by atoms with Gasteiger partial charge in [0, 0.05) is 6.04 Å². The van der Waals surface area contributed by atoms with Crippen LogP contribution in [0.25, 0.3) is 0 Å². The molecular formula is C11H12Cl2N2O3. The fourth-order valence-corrected chi connectivity index (χ4v) is 1.74. The van der Waals surface area contributed by atoms with Gasteiger partial charge in [0.25, 0.3) is 0 Å². The van der Waals surface area contributed by atoms with E-state index in [1.54, 1.807) is 13.8 Å². The number of hydrogen-bond donors (Lipinski definition) is 3. The third kappa shape index (κ3) is 3.51. The Hall–Kier alpha value is -1.46. The summed E-state index contributed by atoms with van der Waals surface area (Å²) in [6.45, 7) is 3.55. The highest BCUT2D eigenvalue weighted by molar-refractivity contribution is 6.38. The maximum Gasteiger partial charge on any atom is 0.339 e. The lowest BCUT2D eigenvalue weighted by molar-refractivity contribution is 0.0698. The Balaban J connectivity index is 3.11. The fourth-order valence-electron chi connectivity index (χ4n) is 1.29. The van der Waals surface area contributed by atoms with E-state index >= 15 is 0 Å². The van der Waals surface area contributed by atoms with Crippen molar-refractivity contribution in [1.82, 2.24) is 5.32 Å². The summed E-state index contributed by atoms with van der Waals surface area (Å²) >= 11 is 11.6. The first-order valence-corrected chi connectivity index (χ1v) is 5.87. The first-order chi connectivity index (χ1) is 8.32. The molecule has 0 fully saturated rings. The monoisotopic (exact) mass is 290 g/mol. The topological polar surface area (TPSA) is 78.4 Å². The van der Waals surface area contributed by atoms with Crippen molar-refractivity contribution in [3.63, 3.8) is 0 Å². The number of rotatable bonds is 3. The van der Waals surface area contributed by atoms with Crippen molar-refractivity contribution < 1.29 is 14.7 Å². The zero-order valence-electron chi connectivity index (χ0n) is 9.75. The summed E-state index contributed by atoms with van der Waals surface area (Å²) in [5, 5.41) is 14.1. The molecular weight excluding hydrogens is 279 g/mol. The standard InChI is InChI=1S/C11H12Cl2N2O3/c1-5(2)14-11(18)15-9-7(13)4-3-6(12)8(9)10(16)17/h3-5H,1-2H3,(H,16,17)(H2,14,15,18). The minimum atomic E-state index is -1.26. The number of halogens is 2. The highest BCUT2D eigenvalue weighted by Crippen LogP contribution is 2.31. The molecule has 0 radical (unpaired) electrons. The number of anilines is 1. The number of aromatic carboxylic acids is 1. The van der Waals surface area contributed by atoms with Crippen molar-refractivity contribution in [3.8, 4) is 0 Å². The molecule has 0 atom stereocenters. The van der Waals surface area contributed by atoms with Gasteiger partial charge in [0.05, 0.1) is 15.7 Å². The van der Waals surface area contributed by atoms with Gasteiger partial charge in [-0.15, -0.1) is 0 Å². The lowest BCUT2D eigenvalue weighted by atomic mass is 10.1. The Kier molecular flexibility index (Phi) is 4.81. The molecule has 2 amide bonds. The number of carbonyl (C=O) groups is 2. The minimum absolute atomic E-state index is 0.00625. The van der Waals surface area contributed by atoms with Crippen LogP contribution in [0.2, 0.25) is 10.0 Å². The summed E-state index contributed by atoms with van der Waals surface area (Å²) in [6.07, 6.45) is 0. The van der Waals surface area contributed by atoms with E-state index in [0.29, 0.717) is 0 Å². The number of nitrogens with one attached hydrogen (secondary N) is 2. The van der Waals surface area contributed by atoms with Gasteiger partial charge in [-0.2, -0.15) is 0 Å². The predicted molar refractivity (Wildman–Crippen MR) is 70.7 cm³/mol. The quantitative estimate of drug-likeness (QED) is 0.800. The highest BCUT2D eigenvalue weighted by Gasteiger charge is 2.19. The second-order valence-corrected chi connectivity index (χ2v) is 4.65. The van der Waals surface area contributed by atoms with Crippen LogP contribution in [-0.2, 0) is 0 Å². The second kappa shape index (κ2) is 5.93. The summed E-state index contributed by atoms with van der Waals surface area (Å²) in [4.78, 5) is 22.6. The van der Waals surface area contributed by atoms with Crippen LogP contribution in [0.3, 0.4) is 0 Å². The minimum Gasteiger partial charge on any atom is -0.478 e. The Morgan fingerprint density at radius 1 is 1.22 bits per heavy atom. The van der Waals surface area contributed by atoms with Crippen molar-refractivity contribution >= 4 is 40.9 Å². The summed E-state index contributed by atoms with van der Waals surface area (Å²) in [5.41, 5.74) is -0.252. The van der Waals surface area contributed by atoms with E-state index in [0.717, 1.165) is 0 Å². The molecule has 1 aromatic rings. The van der Waals surface area contributed by atoms with Crippen molar-refractivity contribution in [2.24, 2.45) is 0 Å². The zero-order valence-corrected chi connectivity index (χ0v) is 11.3. The lowest BCUT2D eigenvalue weighted by Gasteiger charge is -2.14. The van der Waals surface area contributed by atoms with Gasteiger partial charge in [-0.25, -0.2) is 9.59 Å². The number of hydrogen-bond acceptors (Lipinski definition) is 2. The van der Waals surface area contributed by atoms with Crippen LogP contribution >= 0.6 is 23.2 Å². The molecule has 0 bridgehead atoms. The average molecular weight is 291 g/mol. The van der Waals surface area contributed by atoms with Crippen LogP contribution in [0.15, 0.2) is 12.1 Å². The molecule has 0 unspecified atom stereocenters. The Bertz CT molecular complexity index is 489.